The number of ether oxygens (including phenoxy) is 1. The number of amides is 1. The predicted octanol–water partition coefficient (Wildman–Crippen LogP) is 8.46. The molecule has 214 valence electrons. The van der Waals surface area contributed by atoms with Gasteiger partial charge in [-0.15, -0.1) is 0 Å². The summed E-state index contributed by atoms with van der Waals surface area (Å²) in [5.74, 6) is -1.05. The number of rotatable bonds is 6. The Morgan fingerprint density at radius 1 is 0.881 bits per heavy atom. The Labute approximate surface area is 252 Å². The summed E-state index contributed by atoms with van der Waals surface area (Å²) in [4.78, 5) is 28.6. The van der Waals surface area contributed by atoms with Gasteiger partial charge >= 0.3 is 0 Å². The summed E-state index contributed by atoms with van der Waals surface area (Å²) in [6.45, 7) is 10.5. The minimum atomic E-state index is -0.841. The maximum atomic E-state index is 13.6. The van der Waals surface area contributed by atoms with Gasteiger partial charge in [-0.2, -0.15) is 0 Å². The number of hydrogen-bond donors (Lipinski definition) is 1. The monoisotopic (exact) mass is 579 g/mol. The highest BCUT2D eigenvalue weighted by atomic mass is 35.5. The number of carbonyl (C=O) groups excluding carboxylic acids is 2. The minimum absolute atomic E-state index is 0.0255. The van der Waals surface area contributed by atoms with Crippen LogP contribution in [0.15, 0.2) is 96.6 Å². The Morgan fingerprint density at radius 3 is 2.19 bits per heavy atom. The highest BCUT2D eigenvalue weighted by Crippen LogP contribution is 2.43. The number of nitrogens with zero attached hydrogens (tertiary/aromatic N) is 1. The van der Waals surface area contributed by atoms with Gasteiger partial charge in [0.05, 0.1) is 11.6 Å². The van der Waals surface area contributed by atoms with E-state index in [0.29, 0.717) is 34.2 Å². The van der Waals surface area contributed by atoms with Crippen LogP contribution in [0, 0.1) is 13.8 Å². The minimum Gasteiger partial charge on any atom is -0.507 e. The van der Waals surface area contributed by atoms with E-state index in [0.717, 1.165) is 22.3 Å². The lowest BCUT2D eigenvalue weighted by atomic mass is 9.85. The molecular formula is C36H34ClNO4. The molecule has 1 unspecified atom stereocenters. The second kappa shape index (κ2) is 11.5. The normalized spacial score (nSPS) is 16.6. The first-order chi connectivity index (χ1) is 20.0. The molecule has 1 atom stereocenters. The Hall–Kier alpha value is -4.35. The standard InChI is InChI=1S/C36H34ClNO4/c1-22-11-17-28(20-29(22)37)38-32(25-12-15-27(16-13-25)36(3,4)5)31(34(40)35(38)41)33(39)26-14-18-30(23(2)19-26)42-21-24-9-7-6-8-10-24/h6-20,32,39H,21H2,1-5H3/b33-31+. The molecule has 1 saturated heterocycles. The molecular weight excluding hydrogens is 546 g/mol. The molecule has 0 aliphatic carbocycles. The molecule has 5 rings (SSSR count). The number of carbonyl (C=O) groups is 2. The quantitative estimate of drug-likeness (QED) is 0.141. The molecule has 0 spiro atoms. The van der Waals surface area contributed by atoms with E-state index >= 15 is 0 Å². The zero-order valence-corrected chi connectivity index (χ0v) is 25.2. The van der Waals surface area contributed by atoms with Gasteiger partial charge in [-0.25, -0.2) is 0 Å². The number of benzene rings is 4. The van der Waals surface area contributed by atoms with Gasteiger partial charge in [0.1, 0.15) is 18.1 Å². The largest absolute Gasteiger partial charge is 0.507 e. The van der Waals surface area contributed by atoms with E-state index in [1.165, 1.54) is 4.90 Å². The molecule has 4 aromatic rings. The first kappa shape index (κ1) is 29.2. The van der Waals surface area contributed by atoms with Crippen molar-refractivity contribution in [3.05, 3.63) is 135 Å². The first-order valence-electron chi connectivity index (χ1n) is 13.9. The number of aryl methyl sites for hydroxylation is 2. The van der Waals surface area contributed by atoms with Crippen molar-refractivity contribution in [2.24, 2.45) is 0 Å². The molecule has 1 aliphatic heterocycles. The van der Waals surface area contributed by atoms with Crippen LogP contribution in [0.1, 0.15) is 60.2 Å². The van der Waals surface area contributed by atoms with Crippen LogP contribution < -0.4 is 9.64 Å². The molecule has 42 heavy (non-hydrogen) atoms. The number of hydrogen-bond acceptors (Lipinski definition) is 4. The van der Waals surface area contributed by atoms with Gasteiger partial charge in [0.15, 0.2) is 0 Å². The Balaban J connectivity index is 1.58. The van der Waals surface area contributed by atoms with Crippen LogP contribution in [-0.4, -0.2) is 16.8 Å². The zero-order valence-electron chi connectivity index (χ0n) is 24.4. The number of aliphatic hydroxyl groups excluding tert-OH is 1. The first-order valence-corrected chi connectivity index (χ1v) is 14.3. The van der Waals surface area contributed by atoms with Crippen molar-refractivity contribution in [3.8, 4) is 5.75 Å². The number of ketones is 1. The summed E-state index contributed by atoms with van der Waals surface area (Å²) in [6.07, 6.45) is 0. The Morgan fingerprint density at radius 2 is 1.57 bits per heavy atom. The van der Waals surface area contributed by atoms with E-state index in [1.807, 2.05) is 74.5 Å². The third-order valence-corrected chi connectivity index (χ3v) is 8.06. The van der Waals surface area contributed by atoms with Crippen molar-refractivity contribution in [2.75, 3.05) is 4.90 Å². The predicted molar refractivity (Wildman–Crippen MR) is 168 cm³/mol. The summed E-state index contributed by atoms with van der Waals surface area (Å²) in [6, 6.07) is 27.4. The van der Waals surface area contributed by atoms with Crippen molar-refractivity contribution in [1.82, 2.24) is 0 Å². The van der Waals surface area contributed by atoms with Gasteiger partial charge in [0.25, 0.3) is 11.7 Å². The van der Waals surface area contributed by atoms with Gasteiger partial charge in [-0.1, -0.05) is 93.0 Å². The summed E-state index contributed by atoms with van der Waals surface area (Å²) in [7, 11) is 0. The summed E-state index contributed by atoms with van der Waals surface area (Å²) < 4.78 is 6.01. The van der Waals surface area contributed by atoms with E-state index in [-0.39, 0.29) is 16.7 Å². The Bertz CT molecular complexity index is 1680. The summed E-state index contributed by atoms with van der Waals surface area (Å²) in [5, 5.41) is 12.1. The average Bonchev–Trinajstić information content (AvgIpc) is 3.23. The lowest BCUT2D eigenvalue weighted by Gasteiger charge is -2.27. The lowest BCUT2D eigenvalue weighted by Crippen LogP contribution is -2.29. The lowest BCUT2D eigenvalue weighted by molar-refractivity contribution is -0.132. The van der Waals surface area contributed by atoms with E-state index in [1.54, 1.807) is 30.3 Å². The number of aliphatic hydroxyl groups is 1. The van der Waals surface area contributed by atoms with Crippen molar-refractivity contribution < 1.29 is 19.4 Å². The topological polar surface area (TPSA) is 66.8 Å². The van der Waals surface area contributed by atoms with E-state index in [9.17, 15) is 14.7 Å². The molecule has 1 amide bonds. The van der Waals surface area contributed by atoms with Crippen LogP contribution in [0.3, 0.4) is 0 Å². The van der Waals surface area contributed by atoms with Crippen LogP contribution >= 0.6 is 11.6 Å². The zero-order chi connectivity index (χ0) is 30.2. The molecule has 1 N–H and O–H groups in total. The number of Topliss-reactive ketones (excluding diaryl/α,β-unsaturated/α-hetero) is 1. The molecule has 4 aromatic carbocycles. The number of halogens is 1. The van der Waals surface area contributed by atoms with Gasteiger partial charge < -0.3 is 9.84 Å². The molecule has 0 aromatic heterocycles. The second-order valence-corrected chi connectivity index (χ2v) is 12.1. The van der Waals surface area contributed by atoms with Crippen molar-refractivity contribution in [2.45, 2.75) is 52.7 Å². The van der Waals surface area contributed by atoms with Crippen LogP contribution in [0.2, 0.25) is 5.02 Å². The molecule has 1 fully saturated rings. The molecule has 0 saturated carbocycles. The molecule has 0 bridgehead atoms. The molecule has 1 heterocycles. The maximum absolute atomic E-state index is 13.6. The van der Waals surface area contributed by atoms with Gasteiger partial charge in [-0.3, -0.25) is 14.5 Å². The smallest absolute Gasteiger partial charge is 0.300 e. The van der Waals surface area contributed by atoms with Crippen molar-refractivity contribution >= 4 is 34.7 Å². The third kappa shape index (κ3) is 5.70. The van der Waals surface area contributed by atoms with Gasteiger partial charge in [0, 0.05) is 16.3 Å². The van der Waals surface area contributed by atoms with Gasteiger partial charge in [0.2, 0.25) is 0 Å². The molecule has 0 radical (unpaired) electrons. The van der Waals surface area contributed by atoms with Gasteiger partial charge in [-0.05, 0) is 77.4 Å². The fourth-order valence-electron chi connectivity index (χ4n) is 5.16. The highest BCUT2D eigenvalue weighted by molar-refractivity contribution is 6.51. The van der Waals surface area contributed by atoms with Crippen molar-refractivity contribution in [3.63, 3.8) is 0 Å². The van der Waals surface area contributed by atoms with Crippen LogP contribution in [0.25, 0.3) is 5.76 Å². The highest BCUT2D eigenvalue weighted by Gasteiger charge is 2.47. The summed E-state index contributed by atoms with van der Waals surface area (Å²) in [5.41, 5.74) is 5.37. The molecule has 6 heteroatoms. The van der Waals surface area contributed by atoms with E-state index in [4.69, 9.17) is 16.3 Å². The fraction of sp³-hybridized carbons (Fsp3) is 0.222. The van der Waals surface area contributed by atoms with Crippen LogP contribution in [0.4, 0.5) is 5.69 Å². The maximum Gasteiger partial charge on any atom is 0.300 e. The van der Waals surface area contributed by atoms with Crippen molar-refractivity contribution in [1.29, 1.82) is 0 Å². The third-order valence-electron chi connectivity index (χ3n) is 7.66. The fourth-order valence-corrected chi connectivity index (χ4v) is 5.34. The second-order valence-electron chi connectivity index (χ2n) is 11.7. The molecule has 1 aliphatic rings. The number of anilines is 1. The van der Waals surface area contributed by atoms with E-state index < -0.39 is 17.7 Å². The Kier molecular flexibility index (Phi) is 7.98. The SMILES string of the molecule is Cc1ccc(N2C(=O)C(=O)/C(=C(/O)c3ccc(OCc4ccccc4)c(C)c3)C2c2ccc(C(C)(C)C)cc2)cc1Cl. The summed E-state index contributed by atoms with van der Waals surface area (Å²) >= 11 is 6.44. The average molecular weight is 580 g/mol. The molecule has 5 nitrogen and oxygen atoms in total. The van der Waals surface area contributed by atoms with Crippen LogP contribution in [-0.2, 0) is 21.6 Å². The van der Waals surface area contributed by atoms with E-state index in [2.05, 4.69) is 20.8 Å². The van der Waals surface area contributed by atoms with Crippen LogP contribution in [0.5, 0.6) is 5.75 Å².